The van der Waals surface area contributed by atoms with Gasteiger partial charge in [0.1, 0.15) is 0 Å². The van der Waals surface area contributed by atoms with E-state index in [0.29, 0.717) is 25.1 Å². The van der Waals surface area contributed by atoms with E-state index in [0.717, 1.165) is 16.3 Å². The molecule has 1 aromatic carbocycles. The van der Waals surface area contributed by atoms with Crippen LogP contribution in [-0.2, 0) is 9.84 Å². The second-order valence-electron chi connectivity index (χ2n) is 6.17. The largest absolute Gasteiger partial charge is 0.365 e. The lowest BCUT2D eigenvalue weighted by Gasteiger charge is -2.07. The molecule has 10 nitrogen and oxygen atoms in total. The Morgan fingerprint density at radius 3 is 2.79 bits per heavy atom. The van der Waals surface area contributed by atoms with Crippen molar-refractivity contribution in [2.24, 2.45) is 4.99 Å². The summed E-state index contributed by atoms with van der Waals surface area (Å²) >= 11 is 3.43. The number of anilines is 1. The third kappa shape index (κ3) is 6.69. The number of amidine groups is 1. The van der Waals surface area contributed by atoms with Gasteiger partial charge in [0, 0.05) is 23.0 Å². The number of hydrogen-bond acceptors (Lipinski definition) is 9. The van der Waals surface area contributed by atoms with E-state index in [1.165, 1.54) is 0 Å². The summed E-state index contributed by atoms with van der Waals surface area (Å²) < 4.78 is 27.9. The van der Waals surface area contributed by atoms with Crippen LogP contribution in [0.3, 0.4) is 0 Å². The van der Waals surface area contributed by atoms with Gasteiger partial charge in [0.15, 0.2) is 21.4 Å². The van der Waals surface area contributed by atoms with E-state index in [1.807, 2.05) is 18.5 Å². The van der Waals surface area contributed by atoms with E-state index in [1.54, 1.807) is 12.1 Å². The van der Waals surface area contributed by atoms with Gasteiger partial charge in [-0.25, -0.2) is 18.0 Å². The van der Waals surface area contributed by atoms with Crippen molar-refractivity contribution in [2.75, 3.05) is 23.9 Å². The Morgan fingerprint density at radius 1 is 1.39 bits per heavy atom. The number of aryl methyl sites for hydroxylation is 1. The normalized spacial score (nSPS) is 12.1. The zero-order valence-electron chi connectivity index (χ0n) is 15.4. The molecule has 1 aromatic heterocycles. The number of hydroxylamine groups is 1. The molecule has 0 atom stereocenters. The second-order valence-corrected chi connectivity index (χ2v) is 9.17. The predicted molar refractivity (Wildman–Crippen MR) is 109 cm³/mol. The summed E-state index contributed by atoms with van der Waals surface area (Å²) in [6.45, 7) is 2.35. The zero-order chi connectivity index (χ0) is 20.7. The fourth-order valence-electron chi connectivity index (χ4n) is 2.27. The highest BCUT2D eigenvalue weighted by molar-refractivity contribution is 9.10. The summed E-state index contributed by atoms with van der Waals surface area (Å²) in [6, 6.07) is 5.45. The number of nitrogens with zero attached hydrogens (tertiary/aromatic N) is 3. The van der Waals surface area contributed by atoms with Gasteiger partial charge in [0.25, 0.3) is 0 Å². The van der Waals surface area contributed by atoms with Crippen molar-refractivity contribution < 1.29 is 18.3 Å². The molecule has 2 aromatic rings. The second kappa shape index (κ2) is 9.75. The van der Waals surface area contributed by atoms with Crippen molar-refractivity contribution >= 4 is 48.8 Å². The fraction of sp³-hybridized carbons (Fsp3) is 0.375. The molecule has 0 bridgehead atoms. The van der Waals surface area contributed by atoms with E-state index >= 15 is 0 Å². The first-order valence-electron chi connectivity index (χ1n) is 8.25. The number of benzene rings is 1. The van der Waals surface area contributed by atoms with Gasteiger partial charge >= 0.3 is 0 Å². The average Bonchev–Trinajstić information content (AvgIpc) is 3.06. The van der Waals surface area contributed by atoms with Gasteiger partial charge in [-0.1, -0.05) is 22.0 Å². The highest BCUT2D eigenvalue weighted by atomic mass is 79.9. The first-order valence-corrected chi connectivity index (χ1v) is 11.1. The quantitative estimate of drug-likeness (QED) is 0.188. The van der Waals surface area contributed by atoms with Gasteiger partial charge in [-0.05, 0) is 47.8 Å². The van der Waals surface area contributed by atoms with Gasteiger partial charge in [0.2, 0.25) is 5.82 Å². The van der Waals surface area contributed by atoms with Crippen LogP contribution in [0, 0.1) is 12.3 Å². The SMILES string of the molecule is Cc1ccc(N=C(NO)c2nonc2NCCCC(=N)CS(C)(=O)=O)cc1Br. The number of rotatable bonds is 9. The predicted octanol–water partition coefficient (Wildman–Crippen LogP) is 2.45. The minimum absolute atomic E-state index is 0.0457. The molecule has 152 valence electrons. The van der Waals surface area contributed by atoms with Crippen molar-refractivity contribution in [1.29, 1.82) is 5.41 Å². The molecule has 28 heavy (non-hydrogen) atoms. The summed E-state index contributed by atoms with van der Waals surface area (Å²) in [5.74, 6) is 0.0617. The van der Waals surface area contributed by atoms with E-state index in [4.69, 9.17) is 10.0 Å². The maximum Gasteiger partial charge on any atom is 0.202 e. The molecule has 0 unspecified atom stereocenters. The third-order valence-electron chi connectivity index (χ3n) is 3.60. The molecule has 0 aliphatic heterocycles. The number of hydrogen-bond donors (Lipinski definition) is 4. The highest BCUT2D eigenvalue weighted by Gasteiger charge is 2.16. The standard InChI is InChI=1S/C16H21BrN6O4S/c1-10-5-6-12(8-13(10)17)20-16(21-24)14-15(23-27-22-14)19-7-3-4-11(18)9-28(2,25)26/h5-6,8,18,24H,3-4,7,9H2,1-2H3,(H,19,23)(H,20,21). The lowest BCUT2D eigenvalue weighted by atomic mass is 10.2. The highest BCUT2D eigenvalue weighted by Crippen LogP contribution is 2.23. The molecule has 0 aliphatic rings. The van der Waals surface area contributed by atoms with Crippen molar-refractivity contribution in [3.8, 4) is 0 Å². The van der Waals surface area contributed by atoms with Crippen molar-refractivity contribution in [1.82, 2.24) is 15.8 Å². The number of halogens is 1. The number of aliphatic imine (C=N–C) groups is 1. The van der Waals surface area contributed by atoms with Gasteiger partial charge in [-0.2, -0.15) is 0 Å². The van der Waals surface area contributed by atoms with E-state index < -0.39 is 9.84 Å². The molecule has 2 rings (SSSR count). The fourth-order valence-corrected chi connectivity index (χ4v) is 3.41. The first kappa shape index (κ1) is 22.0. The summed E-state index contributed by atoms with van der Waals surface area (Å²) in [6.07, 6.45) is 1.95. The molecule has 0 spiro atoms. The lowest BCUT2D eigenvalue weighted by molar-refractivity contribution is 0.234. The molecule has 0 amide bonds. The maximum absolute atomic E-state index is 11.2. The maximum atomic E-state index is 11.2. The van der Waals surface area contributed by atoms with Crippen LogP contribution in [0.1, 0.15) is 24.1 Å². The van der Waals surface area contributed by atoms with Gasteiger partial charge in [0.05, 0.1) is 11.4 Å². The smallest absolute Gasteiger partial charge is 0.202 e. The minimum Gasteiger partial charge on any atom is -0.365 e. The molecule has 12 heteroatoms. The topological polar surface area (TPSA) is 154 Å². The molecule has 0 saturated heterocycles. The number of sulfone groups is 1. The van der Waals surface area contributed by atoms with Crippen molar-refractivity contribution in [3.63, 3.8) is 0 Å². The Balaban J connectivity index is 2.02. The van der Waals surface area contributed by atoms with Gasteiger partial charge in [-0.15, -0.1) is 0 Å². The van der Waals surface area contributed by atoms with Crippen LogP contribution in [0.5, 0.6) is 0 Å². The summed E-state index contributed by atoms with van der Waals surface area (Å²) in [5, 5.41) is 27.6. The lowest BCUT2D eigenvalue weighted by Crippen LogP contribution is -2.22. The minimum atomic E-state index is -3.20. The van der Waals surface area contributed by atoms with Crippen LogP contribution in [0.15, 0.2) is 32.3 Å². The Bertz CT molecular complexity index is 973. The Labute approximate surface area is 170 Å². The molecule has 0 fully saturated rings. The van der Waals surface area contributed by atoms with E-state index in [9.17, 15) is 13.6 Å². The van der Waals surface area contributed by atoms with Gasteiger partial charge in [-0.3, -0.25) is 10.7 Å². The molecule has 0 aliphatic carbocycles. The van der Waals surface area contributed by atoms with Crippen LogP contribution in [0.25, 0.3) is 0 Å². The summed E-state index contributed by atoms with van der Waals surface area (Å²) in [4.78, 5) is 4.30. The number of nitrogens with one attached hydrogen (secondary N) is 3. The van der Waals surface area contributed by atoms with E-state index in [-0.39, 0.29) is 28.8 Å². The average molecular weight is 473 g/mol. The molecular weight excluding hydrogens is 452 g/mol. The van der Waals surface area contributed by atoms with Crippen LogP contribution < -0.4 is 10.8 Å². The molecule has 1 heterocycles. The van der Waals surface area contributed by atoms with Crippen LogP contribution in [-0.4, -0.2) is 54.0 Å². The van der Waals surface area contributed by atoms with Crippen molar-refractivity contribution in [3.05, 3.63) is 33.9 Å². The Morgan fingerprint density at radius 2 is 2.14 bits per heavy atom. The van der Waals surface area contributed by atoms with Gasteiger partial charge < -0.3 is 10.7 Å². The van der Waals surface area contributed by atoms with Crippen LogP contribution in [0.4, 0.5) is 11.5 Å². The molecule has 0 radical (unpaired) electrons. The molecule has 4 N–H and O–H groups in total. The monoisotopic (exact) mass is 472 g/mol. The van der Waals surface area contributed by atoms with Crippen LogP contribution >= 0.6 is 15.9 Å². The molecule has 0 saturated carbocycles. The molecular formula is C16H21BrN6O4S. The third-order valence-corrected chi connectivity index (χ3v) is 5.33. The first-order chi connectivity index (χ1) is 13.2. The Kier molecular flexibility index (Phi) is 7.66. The summed E-state index contributed by atoms with van der Waals surface area (Å²) in [7, 11) is -3.20. The Hall–Kier alpha value is -2.31. The van der Waals surface area contributed by atoms with E-state index in [2.05, 4.69) is 36.6 Å². The number of aromatic nitrogens is 2. The summed E-state index contributed by atoms with van der Waals surface area (Å²) in [5.41, 5.74) is 3.95. The van der Waals surface area contributed by atoms with Crippen molar-refractivity contribution in [2.45, 2.75) is 19.8 Å². The van der Waals surface area contributed by atoms with Crippen LogP contribution in [0.2, 0.25) is 0 Å². The zero-order valence-corrected chi connectivity index (χ0v) is 17.8.